The van der Waals surface area contributed by atoms with Crippen molar-refractivity contribution >= 4 is 44.3 Å². The number of rotatable bonds is 7. The first kappa shape index (κ1) is 18.8. The highest BCUT2D eigenvalue weighted by Crippen LogP contribution is 2.26. The third kappa shape index (κ3) is 5.53. The zero-order valence-electron chi connectivity index (χ0n) is 13.0. The summed E-state index contributed by atoms with van der Waals surface area (Å²) in [4.78, 5) is 17.0. The predicted molar refractivity (Wildman–Crippen MR) is 93.7 cm³/mol. The summed E-state index contributed by atoms with van der Waals surface area (Å²) >= 11 is 7.29. The third-order valence-electron chi connectivity index (χ3n) is 2.99. The average molecular weight is 390 g/mol. The lowest BCUT2D eigenvalue weighted by Gasteiger charge is -2.03. The molecule has 0 spiro atoms. The molecule has 0 aliphatic rings. The zero-order chi connectivity index (χ0) is 17.7. The SMILES string of the molecule is CNS(=O)(=O)OCC(=O)Nc1nc(C)c(Cc2cccc(Cl)c2)s1. The van der Waals surface area contributed by atoms with Crippen molar-refractivity contribution in [2.24, 2.45) is 0 Å². The van der Waals surface area contributed by atoms with Crippen LogP contribution in [0.3, 0.4) is 0 Å². The molecule has 2 aromatic rings. The number of carbonyl (C=O) groups excluding carboxylic acids is 1. The minimum Gasteiger partial charge on any atom is -0.300 e. The predicted octanol–water partition coefficient (Wildman–Crippen LogP) is 2.12. The quantitative estimate of drug-likeness (QED) is 0.755. The van der Waals surface area contributed by atoms with E-state index in [2.05, 4.69) is 14.5 Å². The van der Waals surface area contributed by atoms with Crippen LogP contribution in [0.25, 0.3) is 0 Å². The fraction of sp³-hybridized carbons (Fsp3) is 0.286. The Labute approximate surface area is 149 Å². The molecular formula is C14H16ClN3O4S2. The lowest BCUT2D eigenvalue weighted by molar-refractivity contribution is -0.118. The van der Waals surface area contributed by atoms with Gasteiger partial charge in [0.15, 0.2) is 5.13 Å². The van der Waals surface area contributed by atoms with E-state index in [9.17, 15) is 13.2 Å². The van der Waals surface area contributed by atoms with E-state index in [1.54, 1.807) is 6.07 Å². The number of aryl methyl sites for hydroxylation is 1. The molecule has 0 atom stereocenters. The molecule has 0 unspecified atom stereocenters. The highest BCUT2D eigenvalue weighted by Gasteiger charge is 2.14. The minimum atomic E-state index is -3.89. The summed E-state index contributed by atoms with van der Waals surface area (Å²) in [6.45, 7) is 1.22. The van der Waals surface area contributed by atoms with Gasteiger partial charge < -0.3 is 0 Å². The summed E-state index contributed by atoms with van der Waals surface area (Å²) < 4.78 is 28.6. The number of aromatic nitrogens is 1. The second-order valence-corrected chi connectivity index (χ2v) is 7.88. The van der Waals surface area contributed by atoms with Crippen LogP contribution in [0, 0.1) is 6.92 Å². The molecule has 0 bridgehead atoms. The lowest BCUT2D eigenvalue weighted by atomic mass is 10.1. The van der Waals surface area contributed by atoms with Gasteiger partial charge in [0.1, 0.15) is 6.61 Å². The van der Waals surface area contributed by atoms with Gasteiger partial charge in [-0.05, 0) is 24.6 Å². The van der Waals surface area contributed by atoms with Gasteiger partial charge in [-0.15, -0.1) is 11.3 Å². The fourth-order valence-corrected chi connectivity index (χ4v) is 3.43. The monoisotopic (exact) mass is 389 g/mol. The van der Waals surface area contributed by atoms with E-state index in [1.165, 1.54) is 18.4 Å². The number of hydrogen-bond donors (Lipinski definition) is 2. The first-order chi connectivity index (χ1) is 11.3. The Bertz CT molecular complexity index is 836. The smallest absolute Gasteiger partial charge is 0.300 e. The molecule has 130 valence electrons. The van der Waals surface area contributed by atoms with Crippen LogP contribution in [-0.2, 0) is 25.7 Å². The van der Waals surface area contributed by atoms with E-state index in [0.29, 0.717) is 16.6 Å². The average Bonchev–Trinajstić information content (AvgIpc) is 2.85. The number of hydrogen-bond acceptors (Lipinski definition) is 6. The molecule has 0 aliphatic carbocycles. The van der Waals surface area contributed by atoms with E-state index in [0.717, 1.165) is 16.1 Å². The van der Waals surface area contributed by atoms with Crippen LogP contribution >= 0.6 is 22.9 Å². The normalized spacial score (nSPS) is 11.5. The molecule has 0 saturated carbocycles. The molecule has 1 aromatic heterocycles. The molecule has 10 heteroatoms. The summed E-state index contributed by atoms with van der Waals surface area (Å²) in [6, 6.07) is 7.50. The van der Waals surface area contributed by atoms with Crippen molar-refractivity contribution in [3.8, 4) is 0 Å². The molecule has 1 amide bonds. The number of nitrogens with one attached hydrogen (secondary N) is 2. The van der Waals surface area contributed by atoms with Gasteiger partial charge in [0.05, 0.1) is 5.69 Å². The van der Waals surface area contributed by atoms with Crippen LogP contribution in [0.2, 0.25) is 5.02 Å². The molecule has 0 saturated heterocycles. The van der Waals surface area contributed by atoms with Crippen molar-refractivity contribution in [2.75, 3.05) is 19.0 Å². The summed E-state index contributed by atoms with van der Waals surface area (Å²) in [5, 5.41) is 3.57. The third-order valence-corrected chi connectivity index (χ3v) is 5.22. The Morgan fingerprint density at radius 3 is 2.83 bits per heavy atom. The van der Waals surface area contributed by atoms with Gasteiger partial charge in [-0.1, -0.05) is 23.7 Å². The van der Waals surface area contributed by atoms with Crippen molar-refractivity contribution in [2.45, 2.75) is 13.3 Å². The van der Waals surface area contributed by atoms with Crippen molar-refractivity contribution in [3.05, 3.63) is 45.4 Å². The number of nitrogens with zero attached hydrogens (tertiary/aromatic N) is 1. The second kappa shape index (κ2) is 8.04. The molecule has 0 aliphatic heterocycles. The Morgan fingerprint density at radius 2 is 2.17 bits per heavy atom. The van der Waals surface area contributed by atoms with Gasteiger partial charge in [0.25, 0.3) is 5.91 Å². The highest BCUT2D eigenvalue weighted by molar-refractivity contribution is 7.84. The number of anilines is 1. The van der Waals surface area contributed by atoms with E-state index in [1.807, 2.05) is 29.8 Å². The molecular weight excluding hydrogens is 374 g/mol. The molecule has 0 fully saturated rings. The number of thiazole rings is 1. The van der Waals surface area contributed by atoms with Crippen LogP contribution in [0.1, 0.15) is 16.1 Å². The van der Waals surface area contributed by atoms with Gasteiger partial charge in [0, 0.05) is 23.4 Å². The first-order valence-corrected chi connectivity index (χ1v) is 9.48. The van der Waals surface area contributed by atoms with Crippen molar-refractivity contribution < 1.29 is 17.4 Å². The van der Waals surface area contributed by atoms with Gasteiger partial charge in [0.2, 0.25) is 0 Å². The molecule has 2 N–H and O–H groups in total. The van der Waals surface area contributed by atoms with Crippen LogP contribution in [0.4, 0.5) is 5.13 Å². The van der Waals surface area contributed by atoms with Crippen molar-refractivity contribution in [3.63, 3.8) is 0 Å². The summed E-state index contributed by atoms with van der Waals surface area (Å²) in [7, 11) is -2.70. The van der Waals surface area contributed by atoms with Crippen molar-refractivity contribution in [1.82, 2.24) is 9.71 Å². The van der Waals surface area contributed by atoms with Gasteiger partial charge in [-0.25, -0.2) is 9.17 Å². The fourth-order valence-electron chi connectivity index (χ4n) is 1.82. The van der Waals surface area contributed by atoms with Crippen molar-refractivity contribution in [1.29, 1.82) is 0 Å². The first-order valence-electron chi connectivity index (χ1n) is 6.87. The number of carbonyl (C=O) groups is 1. The van der Waals surface area contributed by atoms with Crippen LogP contribution in [-0.4, -0.2) is 33.0 Å². The topological polar surface area (TPSA) is 97.4 Å². The molecule has 2 rings (SSSR count). The van der Waals surface area contributed by atoms with E-state index in [4.69, 9.17) is 11.6 Å². The molecule has 0 radical (unpaired) electrons. The number of halogens is 1. The minimum absolute atomic E-state index is 0.389. The molecule has 1 aromatic carbocycles. The standard InChI is InChI=1S/C14H16ClN3O4S2/c1-9-12(7-10-4-3-5-11(15)6-10)23-14(17-9)18-13(19)8-22-24(20,21)16-2/h3-6,16H,7-8H2,1-2H3,(H,17,18,19). The van der Waals surface area contributed by atoms with Crippen LogP contribution in [0.15, 0.2) is 24.3 Å². The van der Waals surface area contributed by atoms with Crippen LogP contribution < -0.4 is 10.0 Å². The summed E-state index contributed by atoms with van der Waals surface area (Å²) in [6.07, 6.45) is 0.643. The Morgan fingerprint density at radius 1 is 1.42 bits per heavy atom. The second-order valence-electron chi connectivity index (χ2n) is 4.80. The highest BCUT2D eigenvalue weighted by atomic mass is 35.5. The van der Waals surface area contributed by atoms with Gasteiger partial charge >= 0.3 is 10.3 Å². The van der Waals surface area contributed by atoms with E-state index < -0.39 is 22.8 Å². The van der Waals surface area contributed by atoms with Crippen LogP contribution in [0.5, 0.6) is 0 Å². The zero-order valence-corrected chi connectivity index (χ0v) is 15.4. The maximum Gasteiger partial charge on any atom is 0.336 e. The Kier molecular flexibility index (Phi) is 6.30. The van der Waals surface area contributed by atoms with Gasteiger partial charge in [-0.3, -0.25) is 10.1 Å². The van der Waals surface area contributed by atoms with E-state index in [-0.39, 0.29) is 0 Å². The Balaban J connectivity index is 1.99. The summed E-state index contributed by atoms with van der Waals surface area (Å²) in [5.74, 6) is -0.600. The number of benzene rings is 1. The summed E-state index contributed by atoms with van der Waals surface area (Å²) in [5.41, 5.74) is 1.83. The van der Waals surface area contributed by atoms with Gasteiger partial charge in [-0.2, -0.15) is 13.1 Å². The molecule has 1 heterocycles. The Hall–Kier alpha value is -1.52. The van der Waals surface area contributed by atoms with E-state index >= 15 is 0 Å². The number of amides is 1. The maximum absolute atomic E-state index is 11.7. The molecule has 24 heavy (non-hydrogen) atoms. The maximum atomic E-state index is 11.7. The largest absolute Gasteiger partial charge is 0.336 e. The lowest BCUT2D eigenvalue weighted by Crippen LogP contribution is -2.27. The molecule has 7 nitrogen and oxygen atoms in total.